The molecule has 0 fully saturated rings. The average Bonchev–Trinajstić information content (AvgIpc) is 2.98. The fraction of sp³-hybridized carbons (Fsp3) is 0.333. The Bertz CT molecular complexity index is 524. The third kappa shape index (κ3) is 3.35. The summed E-state index contributed by atoms with van der Waals surface area (Å²) in [6.07, 6.45) is 1.48. The van der Waals surface area contributed by atoms with Crippen molar-refractivity contribution in [2.75, 3.05) is 13.2 Å². The molecule has 19 heavy (non-hydrogen) atoms. The Morgan fingerprint density at radius 3 is 2.74 bits per heavy atom. The largest absolute Gasteiger partial charge is 0.396 e. The summed E-state index contributed by atoms with van der Waals surface area (Å²) in [5.41, 5.74) is 1.34. The lowest BCUT2D eigenvalue weighted by atomic mass is 10.1. The van der Waals surface area contributed by atoms with Crippen molar-refractivity contribution in [2.24, 2.45) is 5.92 Å². The molecule has 1 aromatic heterocycles. The molecule has 0 spiro atoms. The molecule has 0 saturated carbocycles. The lowest BCUT2D eigenvalue weighted by Crippen LogP contribution is -2.29. The van der Waals surface area contributed by atoms with Crippen molar-refractivity contribution in [2.45, 2.75) is 6.92 Å². The normalized spacial score (nSPS) is 12.1. The second-order valence-electron chi connectivity index (χ2n) is 4.30. The fourth-order valence-electron chi connectivity index (χ4n) is 1.48. The molecule has 2 rings (SSSR count). The topological polar surface area (TPSA) is 92.9 Å². The van der Waals surface area contributed by atoms with Crippen LogP contribution in [0.2, 0.25) is 0 Å². The van der Waals surface area contributed by atoms with Crippen LogP contribution in [0.1, 0.15) is 17.3 Å². The molecule has 1 unspecified atom stereocenters. The van der Waals surface area contributed by atoms with Crippen LogP contribution in [0.3, 0.4) is 0 Å². The number of nitrogens with zero attached hydrogens (tertiary/aromatic N) is 4. The quantitative estimate of drug-likeness (QED) is 0.791. The highest BCUT2D eigenvalue weighted by Crippen LogP contribution is 2.07. The molecular formula is C12H15N5O2. The number of aromatic nitrogens is 4. The molecule has 0 radical (unpaired) electrons. The van der Waals surface area contributed by atoms with Crippen LogP contribution in [-0.4, -0.2) is 44.4 Å². The molecule has 0 saturated heterocycles. The molecule has 7 heteroatoms. The molecule has 1 aromatic carbocycles. The van der Waals surface area contributed by atoms with Crippen LogP contribution >= 0.6 is 0 Å². The lowest BCUT2D eigenvalue weighted by Gasteiger charge is -2.09. The van der Waals surface area contributed by atoms with Gasteiger partial charge in [-0.2, -0.15) is 0 Å². The number of rotatable bonds is 5. The van der Waals surface area contributed by atoms with Gasteiger partial charge in [-0.05, 0) is 40.6 Å². The molecule has 2 aromatic rings. The Balaban J connectivity index is 2.00. The van der Waals surface area contributed by atoms with E-state index in [1.54, 1.807) is 24.3 Å². The van der Waals surface area contributed by atoms with Crippen molar-refractivity contribution in [3.05, 3.63) is 36.2 Å². The predicted octanol–water partition coefficient (Wildman–Crippen LogP) is 0.0205. The molecule has 0 bridgehead atoms. The standard InChI is InChI=1S/C12H15N5O2/c1-9(7-18)6-13-12(19)10-2-4-11(5-3-10)17-8-14-15-16-17/h2-5,8-9,18H,6-7H2,1H3,(H,13,19). The lowest BCUT2D eigenvalue weighted by molar-refractivity contribution is 0.0942. The third-order valence-corrected chi connectivity index (χ3v) is 2.67. The highest BCUT2D eigenvalue weighted by atomic mass is 16.3. The number of carbonyl (C=O) groups excluding carboxylic acids is 1. The van der Waals surface area contributed by atoms with Gasteiger partial charge in [0.15, 0.2) is 0 Å². The number of benzene rings is 1. The van der Waals surface area contributed by atoms with Crippen LogP contribution in [0.4, 0.5) is 0 Å². The van der Waals surface area contributed by atoms with E-state index in [-0.39, 0.29) is 18.4 Å². The van der Waals surface area contributed by atoms with Crippen molar-refractivity contribution in [3.63, 3.8) is 0 Å². The van der Waals surface area contributed by atoms with Crippen LogP contribution < -0.4 is 5.32 Å². The Labute approximate surface area is 110 Å². The summed E-state index contributed by atoms with van der Waals surface area (Å²) in [4.78, 5) is 11.8. The summed E-state index contributed by atoms with van der Waals surface area (Å²) in [5.74, 6) is -0.118. The highest BCUT2D eigenvalue weighted by Gasteiger charge is 2.07. The number of aliphatic hydroxyl groups is 1. The van der Waals surface area contributed by atoms with Gasteiger partial charge >= 0.3 is 0 Å². The number of nitrogens with one attached hydrogen (secondary N) is 1. The summed E-state index contributed by atoms with van der Waals surface area (Å²) in [6.45, 7) is 2.36. The van der Waals surface area contributed by atoms with Crippen molar-refractivity contribution in [3.8, 4) is 5.69 Å². The Morgan fingerprint density at radius 2 is 2.16 bits per heavy atom. The van der Waals surface area contributed by atoms with Gasteiger partial charge in [0.05, 0.1) is 5.69 Å². The molecule has 0 aliphatic rings. The SMILES string of the molecule is CC(CO)CNC(=O)c1ccc(-n2cnnn2)cc1. The maximum Gasteiger partial charge on any atom is 0.251 e. The van der Waals surface area contributed by atoms with Crippen molar-refractivity contribution in [1.29, 1.82) is 0 Å². The van der Waals surface area contributed by atoms with Gasteiger partial charge in [0.2, 0.25) is 0 Å². The minimum absolute atomic E-state index is 0.0458. The first-order valence-corrected chi connectivity index (χ1v) is 5.93. The van der Waals surface area contributed by atoms with Crippen molar-refractivity contribution >= 4 is 5.91 Å². The third-order valence-electron chi connectivity index (χ3n) is 2.67. The van der Waals surface area contributed by atoms with Gasteiger partial charge < -0.3 is 10.4 Å². The van der Waals surface area contributed by atoms with Crippen molar-refractivity contribution < 1.29 is 9.90 Å². The summed E-state index contributed by atoms with van der Waals surface area (Å²) >= 11 is 0. The van der Waals surface area contributed by atoms with Gasteiger partial charge in [0.25, 0.3) is 5.91 Å². The number of hydrogen-bond acceptors (Lipinski definition) is 5. The maximum absolute atomic E-state index is 11.8. The number of aliphatic hydroxyl groups excluding tert-OH is 1. The van der Waals surface area contributed by atoms with Gasteiger partial charge in [0.1, 0.15) is 6.33 Å². The number of tetrazole rings is 1. The van der Waals surface area contributed by atoms with E-state index in [9.17, 15) is 4.79 Å². The van der Waals surface area contributed by atoms with E-state index in [0.717, 1.165) is 5.69 Å². The fourth-order valence-corrected chi connectivity index (χ4v) is 1.48. The Hall–Kier alpha value is -2.28. The van der Waals surface area contributed by atoms with Crippen molar-refractivity contribution in [1.82, 2.24) is 25.5 Å². The predicted molar refractivity (Wildman–Crippen MR) is 67.7 cm³/mol. The van der Waals surface area contributed by atoms with E-state index >= 15 is 0 Å². The summed E-state index contributed by atoms with van der Waals surface area (Å²) < 4.78 is 1.51. The smallest absolute Gasteiger partial charge is 0.251 e. The second kappa shape index (κ2) is 6.05. The molecule has 1 heterocycles. The number of amides is 1. The van der Waals surface area contributed by atoms with E-state index in [4.69, 9.17) is 5.11 Å². The zero-order valence-electron chi connectivity index (χ0n) is 10.5. The van der Waals surface area contributed by atoms with Crippen LogP contribution in [0.25, 0.3) is 5.69 Å². The molecular weight excluding hydrogens is 246 g/mol. The van der Waals surface area contributed by atoms with E-state index in [1.165, 1.54) is 11.0 Å². The monoisotopic (exact) mass is 261 g/mol. The van der Waals surface area contributed by atoms with E-state index in [2.05, 4.69) is 20.8 Å². The van der Waals surface area contributed by atoms with Gasteiger partial charge in [-0.1, -0.05) is 6.92 Å². The molecule has 1 atom stereocenters. The van der Waals surface area contributed by atoms with E-state index < -0.39 is 0 Å². The maximum atomic E-state index is 11.8. The van der Waals surface area contributed by atoms with Gasteiger partial charge in [0, 0.05) is 18.7 Å². The van der Waals surface area contributed by atoms with E-state index in [0.29, 0.717) is 12.1 Å². The zero-order valence-corrected chi connectivity index (χ0v) is 10.5. The molecule has 0 aliphatic heterocycles. The molecule has 100 valence electrons. The Kier molecular flexibility index (Phi) is 4.19. The van der Waals surface area contributed by atoms with Crippen LogP contribution in [0.5, 0.6) is 0 Å². The van der Waals surface area contributed by atoms with Crippen LogP contribution in [0.15, 0.2) is 30.6 Å². The summed E-state index contributed by atoms with van der Waals surface area (Å²) in [5, 5.41) is 22.5. The van der Waals surface area contributed by atoms with Crippen LogP contribution in [-0.2, 0) is 0 Å². The molecule has 7 nitrogen and oxygen atoms in total. The minimum atomic E-state index is -0.163. The summed E-state index contributed by atoms with van der Waals surface area (Å²) in [7, 11) is 0. The Morgan fingerprint density at radius 1 is 1.42 bits per heavy atom. The van der Waals surface area contributed by atoms with Gasteiger partial charge in [-0.25, -0.2) is 4.68 Å². The number of hydrogen-bond donors (Lipinski definition) is 2. The highest BCUT2D eigenvalue weighted by molar-refractivity contribution is 5.94. The second-order valence-corrected chi connectivity index (χ2v) is 4.30. The average molecular weight is 261 g/mol. The number of carbonyl (C=O) groups is 1. The minimum Gasteiger partial charge on any atom is -0.396 e. The molecule has 0 aliphatic carbocycles. The first-order valence-electron chi connectivity index (χ1n) is 5.93. The first-order chi connectivity index (χ1) is 9.20. The van der Waals surface area contributed by atoms with Crippen LogP contribution in [0, 0.1) is 5.92 Å². The zero-order chi connectivity index (χ0) is 13.7. The first kappa shape index (κ1) is 13.2. The molecule has 1 amide bonds. The summed E-state index contributed by atoms with van der Waals surface area (Å²) in [6, 6.07) is 6.94. The van der Waals surface area contributed by atoms with Gasteiger partial charge in [-0.15, -0.1) is 5.10 Å². The van der Waals surface area contributed by atoms with E-state index in [1.807, 2.05) is 6.92 Å². The molecule has 2 N–H and O–H groups in total. The van der Waals surface area contributed by atoms with Gasteiger partial charge in [-0.3, -0.25) is 4.79 Å².